The van der Waals surface area contributed by atoms with E-state index >= 15 is 0 Å². The van der Waals surface area contributed by atoms with E-state index in [9.17, 15) is 9.59 Å². The number of benzene rings is 2. The highest BCUT2D eigenvalue weighted by molar-refractivity contribution is 6.42. The molecule has 0 aliphatic rings. The zero-order valence-corrected chi connectivity index (χ0v) is 20.0. The first-order valence-electron chi connectivity index (χ1n) is 9.60. The largest absolute Gasteiger partial charge is 0.352 e. The number of nitrogens with zero attached hydrogens (tertiary/aromatic N) is 1. The van der Waals surface area contributed by atoms with Gasteiger partial charge in [0.1, 0.15) is 6.04 Å². The molecule has 0 unspecified atom stereocenters. The number of carbonyl (C=O) groups is 2. The van der Waals surface area contributed by atoms with Crippen LogP contribution >= 0.6 is 46.4 Å². The summed E-state index contributed by atoms with van der Waals surface area (Å²) in [7, 11) is 0. The van der Waals surface area contributed by atoms with Crippen LogP contribution in [-0.4, -0.2) is 28.8 Å². The van der Waals surface area contributed by atoms with Crippen LogP contribution in [0.2, 0.25) is 20.1 Å². The standard InChI is InChI=1S/C22H24Cl4N2O2/c1-4-13(2)27-22(30)14(3)28(12-16-6-8-18(24)20(26)10-16)21(29)11-15-5-7-17(23)19(25)9-15/h5-10,13-14H,4,11-12H2,1-3H3,(H,27,30)/t13-,14-/m0/s1. The van der Waals surface area contributed by atoms with Crippen molar-refractivity contribution in [3.8, 4) is 0 Å². The Morgan fingerprint density at radius 3 is 1.97 bits per heavy atom. The monoisotopic (exact) mass is 488 g/mol. The van der Waals surface area contributed by atoms with Crippen molar-refractivity contribution in [2.24, 2.45) is 0 Å². The summed E-state index contributed by atoms with van der Waals surface area (Å²) in [6.07, 6.45) is 0.877. The smallest absolute Gasteiger partial charge is 0.242 e. The van der Waals surface area contributed by atoms with E-state index in [1.165, 1.54) is 4.90 Å². The van der Waals surface area contributed by atoms with Crippen LogP contribution in [0.4, 0.5) is 0 Å². The van der Waals surface area contributed by atoms with Crippen LogP contribution in [0.25, 0.3) is 0 Å². The lowest BCUT2D eigenvalue weighted by Gasteiger charge is -2.30. The third-order valence-corrected chi connectivity index (χ3v) is 6.32. The molecule has 162 valence electrons. The second-order valence-electron chi connectivity index (χ2n) is 7.19. The van der Waals surface area contributed by atoms with Gasteiger partial charge in [0.15, 0.2) is 0 Å². The molecule has 0 saturated heterocycles. The molecular formula is C22H24Cl4N2O2. The summed E-state index contributed by atoms with van der Waals surface area (Å²) >= 11 is 24.2. The quantitative estimate of drug-likeness (QED) is 0.481. The van der Waals surface area contributed by atoms with Crippen molar-refractivity contribution in [3.05, 3.63) is 67.6 Å². The minimum Gasteiger partial charge on any atom is -0.352 e. The molecular weight excluding hydrogens is 466 g/mol. The molecule has 2 atom stereocenters. The molecule has 30 heavy (non-hydrogen) atoms. The number of hydrogen-bond donors (Lipinski definition) is 1. The highest BCUT2D eigenvalue weighted by Crippen LogP contribution is 2.25. The van der Waals surface area contributed by atoms with Gasteiger partial charge in [-0.25, -0.2) is 0 Å². The normalized spacial score (nSPS) is 12.9. The second kappa shape index (κ2) is 11.2. The fourth-order valence-electron chi connectivity index (χ4n) is 2.81. The summed E-state index contributed by atoms with van der Waals surface area (Å²) in [5, 5.41) is 4.55. The van der Waals surface area contributed by atoms with Gasteiger partial charge < -0.3 is 10.2 Å². The van der Waals surface area contributed by atoms with Gasteiger partial charge in [-0.15, -0.1) is 0 Å². The topological polar surface area (TPSA) is 49.4 Å². The molecule has 1 N–H and O–H groups in total. The first-order valence-corrected chi connectivity index (χ1v) is 11.1. The van der Waals surface area contributed by atoms with Gasteiger partial charge in [0.2, 0.25) is 11.8 Å². The van der Waals surface area contributed by atoms with E-state index in [1.54, 1.807) is 43.3 Å². The lowest BCUT2D eigenvalue weighted by molar-refractivity contribution is -0.140. The number of nitrogens with one attached hydrogen (secondary N) is 1. The van der Waals surface area contributed by atoms with Gasteiger partial charge in [0, 0.05) is 12.6 Å². The molecule has 0 bridgehead atoms. The zero-order chi connectivity index (χ0) is 22.4. The van der Waals surface area contributed by atoms with E-state index < -0.39 is 6.04 Å². The van der Waals surface area contributed by atoms with E-state index in [0.29, 0.717) is 25.7 Å². The molecule has 0 aliphatic carbocycles. The predicted octanol–water partition coefficient (Wildman–Crippen LogP) is 6.17. The molecule has 2 aromatic rings. The summed E-state index contributed by atoms with van der Waals surface area (Å²) in [6, 6.07) is 9.53. The van der Waals surface area contributed by atoms with E-state index in [1.807, 2.05) is 13.8 Å². The average molecular weight is 490 g/mol. The highest BCUT2D eigenvalue weighted by atomic mass is 35.5. The van der Waals surface area contributed by atoms with Crippen molar-refractivity contribution in [2.45, 2.75) is 52.2 Å². The van der Waals surface area contributed by atoms with Crippen molar-refractivity contribution in [1.82, 2.24) is 10.2 Å². The third kappa shape index (κ3) is 6.78. The van der Waals surface area contributed by atoms with E-state index in [2.05, 4.69) is 5.32 Å². The van der Waals surface area contributed by atoms with Crippen LogP contribution in [0.5, 0.6) is 0 Å². The summed E-state index contributed by atoms with van der Waals surface area (Å²) in [6.45, 7) is 5.83. The van der Waals surface area contributed by atoms with E-state index in [0.717, 1.165) is 12.0 Å². The van der Waals surface area contributed by atoms with Crippen molar-refractivity contribution < 1.29 is 9.59 Å². The number of rotatable bonds is 8. The molecule has 2 rings (SSSR count). The molecule has 8 heteroatoms. The molecule has 4 nitrogen and oxygen atoms in total. The van der Waals surface area contributed by atoms with Gasteiger partial charge in [-0.3, -0.25) is 9.59 Å². The Hall–Kier alpha value is -1.46. The van der Waals surface area contributed by atoms with E-state index in [4.69, 9.17) is 46.4 Å². The molecule has 0 saturated carbocycles. The molecule has 0 heterocycles. The van der Waals surface area contributed by atoms with Crippen molar-refractivity contribution in [3.63, 3.8) is 0 Å². The minimum absolute atomic E-state index is 0.0111. The molecule has 2 aromatic carbocycles. The van der Waals surface area contributed by atoms with Crippen LogP contribution in [-0.2, 0) is 22.6 Å². The third-order valence-electron chi connectivity index (χ3n) is 4.84. The summed E-state index contributed by atoms with van der Waals surface area (Å²) in [5.41, 5.74) is 1.48. The molecule has 0 spiro atoms. The van der Waals surface area contributed by atoms with Crippen LogP contribution in [0, 0.1) is 0 Å². The molecule has 0 aliphatic heterocycles. The second-order valence-corrected chi connectivity index (χ2v) is 8.82. The first-order chi connectivity index (χ1) is 14.1. The van der Waals surface area contributed by atoms with Crippen LogP contribution in [0.1, 0.15) is 38.3 Å². The van der Waals surface area contributed by atoms with E-state index in [-0.39, 0.29) is 30.8 Å². The highest BCUT2D eigenvalue weighted by Gasteiger charge is 2.27. The Bertz CT molecular complexity index is 920. The zero-order valence-electron chi connectivity index (χ0n) is 17.0. The van der Waals surface area contributed by atoms with Crippen molar-refractivity contribution in [2.75, 3.05) is 0 Å². The molecule has 2 amide bonds. The molecule has 0 radical (unpaired) electrons. The fourth-order valence-corrected chi connectivity index (χ4v) is 3.45. The summed E-state index contributed by atoms with van der Waals surface area (Å²) in [4.78, 5) is 27.4. The van der Waals surface area contributed by atoms with Gasteiger partial charge in [-0.1, -0.05) is 65.5 Å². The Morgan fingerprint density at radius 1 is 0.900 bits per heavy atom. The van der Waals surface area contributed by atoms with Crippen molar-refractivity contribution in [1.29, 1.82) is 0 Å². The van der Waals surface area contributed by atoms with Gasteiger partial charge in [-0.05, 0) is 55.7 Å². The summed E-state index contributed by atoms with van der Waals surface area (Å²) < 4.78 is 0. The summed E-state index contributed by atoms with van der Waals surface area (Å²) in [5.74, 6) is -0.432. The number of amides is 2. The van der Waals surface area contributed by atoms with Crippen molar-refractivity contribution >= 4 is 58.2 Å². The first kappa shape index (κ1) is 24.8. The molecule has 0 fully saturated rings. The maximum absolute atomic E-state index is 13.2. The van der Waals surface area contributed by atoms with Gasteiger partial charge in [0.25, 0.3) is 0 Å². The van der Waals surface area contributed by atoms with Gasteiger partial charge >= 0.3 is 0 Å². The predicted molar refractivity (Wildman–Crippen MR) is 125 cm³/mol. The van der Waals surface area contributed by atoms with Crippen LogP contribution in [0.3, 0.4) is 0 Å². The maximum atomic E-state index is 13.2. The lowest BCUT2D eigenvalue weighted by atomic mass is 10.1. The Kier molecular flexibility index (Phi) is 9.30. The van der Waals surface area contributed by atoms with Gasteiger partial charge in [0.05, 0.1) is 26.5 Å². The molecule has 0 aromatic heterocycles. The lowest BCUT2D eigenvalue weighted by Crippen LogP contribution is -2.49. The SMILES string of the molecule is CC[C@H](C)NC(=O)[C@H](C)N(Cc1ccc(Cl)c(Cl)c1)C(=O)Cc1ccc(Cl)c(Cl)c1. The van der Waals surface area contributed by atoms with Crippen LogP contribution in [0.15, 0.2) is 36.4 Å². The van der Waals surface area contributed by atoms with Crippen LogP contribution < -0.4 is 5.32 Å². The fraction of sp³-hybridized carbons (Fsp3) is 0.364. The average Bonchev–Trinajstić information content (AvgIpc) is 2.70. The minimum atomic E-state index is -0.677. The Labute approximate surface area is 197 Å². The Morgan fingerprint density at radius 2 is 1.43 bits per heavy atom. The number of hydrogen-bond acceptors (Lipinski definition) is 2. The number of carbonyl (C=O) groups excluding carboxylic acids is 2. The Balaban J connectivity index is 2.28. The van der Waals surface area contributed by atoms with Gasteiger partial charge in [-0.2, -0.15) is 0 Å². The maximum Gasteiger partial charge on any atom is 0.242 e. The number of halogens is 4.